The van der Waals surface area contributed by atoms with Gasteiger partial charge in [0.05, 0.1) is 17.9 Å². The van der Waals surface area contributed by atoms with Gasteiger partial charge in [-0.25, -0.2) is 0 Å². The molecule has 208 valence electrons. The van der Waals surface area contributed by atoms with E-state index in [1.165, 1.54) is 42.5 Å². The van der Waals surface area contributed by atoms with Gasteiger partial charge < -0.3 is 45.2 Å². The Morgan fingerprint density at radius 1 is 0.610 bits per heavy atom. The summed E-state index contributed by atoms with van der Waals surface area (Å²) >= 11 is 0. The van der Waals surface area contributed by atoms with Crippen LogP contribution in [-0.2, 0) is 0 Å². The molecule has 2 aliphatic rings. The molecule has 0 fully saturated rings. The summed E-state index contributed by atoms with van der Waals surface area (Å²) in [5.41, 5.74) is -0.118. The Bertz CT molecular complexity index is 1740. The molecule has 0 saturated carbocycles. The third kappa shape index (κ3) is 4.15. The van der Waals surface area contributed by atoms with Crippen molar-refractivity contribution in [3.05, 3.63) is 88.5 Å². The molecule has 0 radical (unpaired) electrons. The Hall–Kier alpha value is -5.58. The van der Waals surface area contributed by atoms with E-state index in [-0.39, 0.29) is 46.1 Å². The molecule has 2 heterocycles. The maximum atomic E-state index is 14.1. The van der Waals surface area contributed by atoms with E-state index in [4.69, 9.17) is 9.47 Å². The number of Topliss-reactive ketones (excluding diaryl/α,β-unsaturated/α-hetero) is 2. The molecule has 0 bridgehead atoms. The number of carbonyl (C=O) groups is 2. The van der Waals surface area contributed by atoms with Gasteiger partial charge in [-0.05, 0) is 35.4 Å². The van der Waals surface area contributed by atoms with Crippen LogP contribution in [-0.4, -0.2) is 47.3 Å². The number of carbonyl (C=O) groups excluding carboxylic acids is 2. The molecule has 4 aromatic rings. The molecule has 4 aromatic carbocycles. The highest BCUT2D eigenvalue weighted by Crippen LogP contribution is 2.55. The second-order valence-electron chi connectivity index (χ2n) is 9.82. The molecular formula is C30H22O11. The predicted octanol–water partition coefficient (Wildman–Crippen LogP) is 4.43. The van der Waals surface area contributed by atoms with Gasteiger partial charge in [0.1, 0.15) is 63.6 Å². The average molecular weight is 558 g/mol. The van der Waals surface area contributed by atoms with Crippen LogP contribution in [0.2, 0.25) is 0 Å². The van der Waals surface area contributed by atoms with E-state index in [0.717, 1.165) is 18.2 Å². The normalized spacial score (nSPS) is 19.6. The summed E-state index contributed by atoms with van der Waals surface area (Å²) in [5.74, 6) is -6.26. The number of hydrogen-bond donors (Lipinski definition) is 7. The van der Waals surface area contributed by atoms with Crippen LogP contribution in [0.4, 0.5) is 0 Å². The van der Waals surface area contributed by atoms with E-state index in [1.54, 1.807) is 0 Å². The van der Waals surface area contributed by atoms with Crippen LogP contribution < -0.4 is 9.47 Å². The summed E-state index contributed by atoms with van der Waals surface area (Å²) in [6.07, 6.45) is -2.52. The molecule has 6 rings (SSSR count). The van der Waals surface area contributed by atoms with Crippen LogP contribution in [0.1, 0.15) is 62.0 Å². The number of hydrogen-bond acceptors (Lipinski definition) is 11. The average Bonchev–Trinajstić information content (AvgIpc) is 2.90. The van der Waals surface area contributed by atoms with Crippen LogP contribution in [0, 0.1) is 0 Å². The molecule has 11 heteroatoms. The topological polar surface area (TPSA) is 194 Å². The van der Waals surface area contributed by atoms with Gasteiger partial charge in [-0.2, -0.15) is 0 Å². The number of phenols is 7. The number of ketones is 2. The number of ether oxygens (including phenoxy) is 2. The molecule has 0 amide bonds. The zero-order chi connectivity index (χ0) is 29.2. The van der Waals surface area contributed by atoms with E-state index in [0.29, 0.717) is 11.1 Å². The van der Waals surface area contributed by atoms with Crippen molar-refractivity contribution in [2.45, 2.75) is 24.5 Å². The van der Waals surface area contributed by atoms with Crippen molar-refractivity contribution in [1.82, 2.24) is 0 Å². The zero-order valence-electron chi connectivity index (χ0n) is 21.0. The van der Waals surface area contributed by atoms with Crippen LogP contribution >= 0.6 is 0 Å². The van der Waals surface area contributed by atoms with Gasteiger partial charge in [-0.15, -0.1) is 0 Å². The second kappa shape index (κ2) is 9.26. The fourth-order valence-corrected chi connectivity index (χ4v) is 5.35. The number of phenolic OH excluding ortho intramolecular Hbond substituents is 7. The van der Waals surface area contributed by atoms with Gasteiger partial charge in [0.15, 0.2) is 23.1 Å². The summed E-state index contributed by atoms with van der Waals surface area (Å²) < 4.78 is 12.2. The van der Waals surface area contributed by atoms with Gasteiger partial charge in [-0.1, -0.05) is 18.2 Å². The SMILES string of the molecule is O=C1C[C@@H](c2ccc(O)c(O)c2)Oc2c1c(O)cc(O)c2[C@H]1C(=O)c2c(O)cc(O)cc2O[C@H]1c1ccc(O)cc1. The molecule has 0 aromatic heterocycles. The Balaban J connectivity index is 1.57. The number of fused-ring (bicyclic) bond motifs is 2. The summed E-state index contributed by atoms with van der Waals surface area (Å²) in [6, 6.07) is 12.5. The number of benzene rings is 4. The van der Waals surface area contributed by atoms with E-state index < -0.39 is 58.4 Å². The molecule has 0 spiro atoms. The molecule has 7 N–H and O–H groups in total. The second-order valence-corrected chi connectivity index (χ2v) is 9.82. The first-order chi connectivity index (χ1) is 19.5. The van der Waals surface area contributed by atoms with Crippen molar-refractivity contribution in [2.24, 2.45) is 0 Å². The first-order valence-electron chi connectivity index (χ1n) is 12.4. The monoisotopic (exact) mass is 558 g/mol. The number of rotatable bonds is 3. The molecule has 3 atom stereocenters. The summed E-state index contributed by atoms with van der Waals surface area (Å²) in [5, 5.41) is 71.9. The lowest BCUT2D eigenvalue weighted by atomic mass is 9.78. The minimum Gasteiger partial charge on any atom is -0.508 e. The minimum atomic E-state index is -1.45. The van der Waals surface area contributed by atoms with Gasteiger partial charge in [-0.3, -0.25) is 9.59 Å². The first kappa shape index (κ1) is 25.7. The van der Waals surface area contributed by atoms with Crippen molar-refractivity contribution in [3.8, 4) is 51.7 Å². The lowest BCUT2D eigenvalue weighted by Gasteiger charge is -2.36. The quantitative estimate of drug-likeness (QED) is 0.176. The number of aromatic hydroxyl groups is 7. The van der Waals surface area contributed by atoms with E-state index in [2.05, 4.69) is 0 Å². The van der Waals surface area contributed by atoms with E-state index >= 15 is 0 Å². The van der Waals surface area contributed by atoms with Crippen molar-refractivity contribution >= 4 is 11.6 Å². The third-order valence-corrected chi connectivity index (χ3v) is 7.24. The first-order valence-corrected chi connectivity index (χ1v) is 12.4. The Kier molecular flexibility index (Phi) is 5.80. The highest BCUT2D eigenvalue weighted by Gasteiger charge is 2.46. The van der Waals surface area contributed by atoms with Crippen molar-refractivity contribution in [3.63, 3.8) is 0 Å². The van der Waals surface area contributed by atoms with Gasteiger partial charge in [0, 0.05) is 18.2 Å². The standard InChI is InChI=1S/C30H22O11/c31-14-4-1-12(2-5-14)29-27(28(39)25-18(35)8-15(32)9-23(25)41-29)26-20(37)10-19(36)24-21(38)11-22(40-30(24)26)13-3-6-16(33)17(34)7-13/h1-10,22,27,29,31-37H,11H2/t22-,27-,29-/m0/s1. The fraction of sp³-hybridized carbons (Fsp3) is 0.133. The zero-order valence-corrected chi connectivity index (χ0v) is 21.0. The Labute approximate surface area is 231 Å². The van der Waals surface area contributed by atoms with Crippen molar-refractivity contribution < 1.29 is 54.8 Å². The van der Waals surface area contributed by atoms with E-state index in [1.807, 2.05) is 0 Å². The Morgan fingerprint density at radius 3 is 2.00 bits per heavy atom. The minimum absolute atomic E-state index is 0.0677. The third-order valence-electron chi connectivity index (χ3n) is 7.24. The lowest BCUT2D eigenvalue weighted by Crippen LogP contribution is -2.32. The van der Waals surface area contributed by atoms with Gasteiger partial charge in [0.2, 0.25) is 0 Å². The van der Waals surface area contributed by atoms with Crippen LogP contribution in [0.25, 0.3) is 0 Å². The summed E-state index contributed by atoms with van der Waals surface area (Å²) in [6.45, 7) is 0. The van der Waals surface area contributed by atoms with Crippen LogP contribution in [0.5, 0.6) is 51.7 Å². The van der Waals surface area contributed by atoms with E-state index in [9.17, 15) is 45.3 Å². The maximum absolute atomic E-state index is 14.1. The highest BCUT2D eigenvalue weighted by molar-refractivity contribution is 6.09. The molecule has 0 saturated heterocycles. The molecule has 41 heavy (non-hydrogen) atoms. The molecule has 11 nitrogen and oxygen atoms in total. The van der Waals surface area contributed by atoms with Gasteiger partial charge in [0.25, 0.3) is 0 Å². The summed E-state index contributed by atoms with van der Waals surface area (Å²) in [7, 11) is 0. The highest BCUT2D eigenvalue weighted by atomic mass is 16.5. The largest absolute Gasteiger partial charge is 0.508 e. The van der Waals surface area contributed by atoms with Crippen molar-refractivity contribution in [1.29, 1.82) is 0 Å². The van der Waals surface area contributed by atoms with Crippen LogP contribution in [0.3, 0.4) is 0 Å². The lowest BCUT2D eigenvalue weighted by molar-refractivity contribution is 0.0738. The van der Waals surface area contributed by atoms with Gasteiger partial charge >= 0.3 is 0 Å². The molecule has 0 unspecified atom stereocenters. The smallest absolute Gasteiger partial charge is 0.182 e. The van der Waals surface area contributed by atoms with Crippen molar-refractivity contribution in [2.75, 3.05) is 0 Å². The molecule has 2 aliphatic heterocycles. The molecular weight excluding hydrogens is 536 g/mol. The summed E-state index contributed by atoms with van der Waals surface area (Å²) in [4.78, 5) is 27.4. The molecule has 0 aliphatic carbocycles. The maximum Gasteiger partial charge on any atom is 0.182 e. The van der Waals surface area contributed by atoms with Crippen LogP contribution in [0.15, 0.2) is 60.7 Å². The fourth-order valence-electron chi connectivity index (χ4n) is 5.35. The Morgan fingerprint density at radius 2 is 1.29 bits per heavy atom. The predicted molar refractivity (Wildman–Crippen MR) is 140 cm³/mol.